The zero-order valence-corrected chi connectivity index (χ0v) is 13.4. The maximum atomic E-state index is 12.1. The number of carbonyl (C=O) groups is 1. The van der Waals surface area contributed by atoms with Crippen LogP contribution >= 0.6 is 11.3 Å². The fourth-order valence-electron chi connectivity index (χ4n) is 2.26. The van der Waals surface area contributed by atoms with Crippen molar-refractivity contribution in [2.45, 2.75) is 6.42 Å². The molecular formula is C15H10N4O5S. The Bertz CT molecular complexity index is 1000. The smallest absolute Gasteiger partial charge is 0.273 e. The second-order valence-electron chi connectivity index (χ2n) is 5.04. The van der Waals surface area contributed by atoms with Crippen molar-refractivity contribution in [3.8, 4) is 0 Å². The first-order valence-corrected chi connectivity index (χ1v) is 7.83. The summed E-state index contributed by atoms with van der Waals surface area (Å²) in [5.74, 6) is -0.456. The van der Waals surface area contributed by atoms with Crippen molar-refractivity contribution >= 4 is 44.0 Å². The Morgan fingerprint density at radius 2 is 1.88 bits per heavy atom. The van der Waals surface area contributed by atoms with E-state index in [4.69, 9.17) is 0 Å². The molecule has 1 aromatic heterocycles. The zero-order chi connectivity index (χ0) is 18.0. The van der Waals surface area contributed by atoms with E-state index in [9.17, 15) is 25.0 Å². The minimum Gasteiger partial charge on any atom is -0.302 e. The SMILES string of the molecule is O=C(Cc1ccccc1[N+](=O)[O-])Nc1nc2ccc([N+](=O)[O-])cc2s1. The Hall–Kier alpha value is -3.40. The summed E-state index contributed by atoms with van der Waals surface area (Å²) in [4.78, 5) is 37.0. The molecule has 126 valence electrons. The van der Waals surface area contributed by atoms with E-state index in [1.165, 1.54) is 36.4 Å². The molecule has 0 fully saturated rings. The number of rotatable bonds is 5. The third-order valence-electron chi connectivity index (χ3n) is 3.37. The van der Waals surface area contributed by atoms with Crippen LogP contribution in [0.5, 0.6) is 0 Å². The van der Waals surface area contributed by atoms with E-state index in [1.807, 2.05) is 0 Å². The van der Waals surface area contributed by atoms with Gasteiger partial charge in [-0.15, -0.1) is 0 Å². The van der Waals surface area contributed by atoms with Gasteiger partial charge in [-0.05, 0) is 6.07 Å². The van der Waals surface area contributed by atoms with E-state index in [-0.39, 0.29) is 22.9 Å². The van der Waals surface area contributed by atoms with Gasteiger partial charge in [-0.3, -0.25) is 25.0 Å². The molecule has 0 spiro atoms. The Balaban J connectivity index is 1.78. The summed E-state index contributed by atoms with van der Waals surface area (Å²) < 4.78 is 0.565. The molecule has 0 saturated carbocycles. The first-order chi connectivity index (χ1) is 11.9. The molecule has 0 bridgehead atoms. The molecule has 0 atom stereocenters. The summed E-state index contributed by atoms with van der Waals surface area (Å²) in [6.45, 7) is 0. The predicted octanol–water partition coefficient (Wildman–Crippen LogP) is 3.29. The highest BCUT2D eigenvalue weighted by molar-refractivity contribution is 7.22. The highest BCUT2D eigenvalue weighted by Gasteiger charge is 2.17. The van der Waals surface area contributed by atoms with Gasteiger partial charge in [-0.2, -0.15) is 0 Å². The van der Waals surface area contributed by atoms with E-state index < -0.39 is 15.8 Å². The highest BCUT2D eigenvalue weighted by atomic mass is 32.1. The maximum Gasteiger partial charge on any atom is 0.273 e. The summed E-state index contributed by atoms with van der Waals surface area (Å²) in [6.07, 6.45) is -0.173. The first kappa shape index (κ1) is 16.5. The third kappa shape index (κ3) is 3.58. The summed E-state index contributed by atoms with van der Waals surface area (Å²) in [5.41, 5.74) is 0.629. The lowest BCUT2D eigenvalue weighted by Crippen LogP contribution is -2.15. The largest absolute Gasteiger partial charge is 0.302 e. The minimum absolute atomic E-state index is 0.0612. The maximum absolute atomic E-state index is 12.1. The van der Waals surface area contributed by atoms with Gasteiger partial charge in [0, 0.05) is 23.8 Å². The van der Waals surface area contributed by atoms with Crippen molar-refractivity contribution < 1.29 is 14.6 Å². The van der Waals surface area contributed by atoms with Gasteiger partial charge in [0.25, 0.3) is 11.4 Å². The second kappa shape index (κ2) is 6.61. The number of nitro benzene ring substituents is 2. The van der Waals surface area contributed by atoms with E-state index in [1.54, 1.807) is 6.07 Å². The number of benzene rings is 2. The number of carbonyl (C=O) groups excluding carboxylic acids is 1. The van der Waals surface area contributed by atoms with Crippen molar-refractivity contribution in [1.82, 2.24) is 4.98 Å². The van der Waals surface area contributed by atoms with Gasteiger partial charge in [0.2, 0.25) is 5.91 Å². The van der Waals surface area contributed by atoms with Gasteiger partial charge in [0.15, 0.2) is 5.13 Å². The third-order valence-corrected chi connectivity index (χ3v) is 4.30. The summed E-state index contributed by atoms with van der Waals surface area (Å²) >= 11 is 1.10. The number of nitro groups is 2. The topological polar surface area (TPSA) is 128 Å². The summed E-state index contributed by atoms with van der Waals surface area (Å²) in [5, 5.41) is 24.6. The van der Waals surface area contributed by atoms with Crippen LogP contribution in [0.4, 0.5) is 16.5 Å². The molecule has 1 amide bonds. The monoisotopic (exact) mass is 358 g/mol. The number of amides is 1. The average molecular weight is 358 g/mol. The molecule has 0 aliphatic rings. The van der Waals surface area contributed by atoms with E-state index in [2.05, 4.69) is 10.3 Å². The number of fused-ring (bicyclic) bond motifs is 1. The van der Waals surface area contributed by atoms with Gasteiger partial charge in [-0.25, -0.2) is 4.98 Å². The molecule has 1 N–H and O–H groups in total. The fraction of sp³-hybridized carbons (Fsp3) is 0.0667. The lowest BCUT2D eigenvalue weighted by molar-refractivity contribution is -0.385. The molecule has 0 aliphatic carbocycles. The van der Waals surface area contributed by atoms with Gasteiger partial charge < -0.3 is 5.32 Å². The quantitative estimate of drug-likeness (QED) is 0.550. The lowest BCUT2D eigenvalue weighted by atomic mass is 10.1. The molecule has 0 radical (unpaired) electrons. The zero-order valence-electron chi connectivity index (χ0n) is 12.5. The molecule has 2 aromatic carbocycles. The molecule has 25 heavy (non-hydrogen) atoms. The highest BCUT2D eigenvalue weighted by Crippen LogP contribution is 2.29. The van der Waals surface area contributed by atoms with Crippen LogP contribution in [0, 0.1) is 20.2 Å². The van der Waals surface area contributed by atoms with Crippen molar-refractivity contribution in [3.63, 3.8) is 0 Å². The molecule has 1 heterocycles. The number of para-hydroxylation sites is 1. The van der Waals surface area contributed by atoms with Gasteiger partial charge in [-0.1, -0.05) is 29.5 Å². The second-order valence-corrected chi connectivity index (χ2v) is 6.07. The van der Waals surface area contributed by atoms with Crippen molar-refractivity contribution in [3.05, 3.63) is 68.3 Å². The molecule has 0 aliphatic heterocycles. The lowest BCUT2D eigenvalue weighted by Gasteiger charge is -2.02. The summed E-state index contributed by atoms with van der Waals surface area (Å²) in [7, 11) is 0. The molecule has 9 nitrogen and oxygen atoms in total. The fourth-order valence-corrected chi connectivity index (χ4v) is 3.17. The van der Waals surface area contributed by atoms with Crippen molar-refractivity contribution in [2.75, 3.05) is 5.32 Å². The van der Waals surface area contributed by atoms with Crippen LogP contribution in [0.15, 0.2) is 42.5 Å². The number of hydrogen-bond acceptors (Lipinski definition) is 7. The van der Waals surface area contributed by atoms with Crippen LogP contribution in [0.1, 0.15) is 5.56 Å². The molecule has 3 rings (SSSR count). The standard InChI is InChI=1S/C15H10N4O5S/c20-14(7-9-3-1-2-4-12(9)19(23)24)17-15-16-11-6-5-10(18(21)22)8-13(11)25-15/h1-6,8H,7H2,(H,16,17,20). The normalized spacial score (nSPS) is 10.6. The molecule has 0 saturated heterocycles. The summed E-state index contributed by atoms with van der Waals surface area (Å²) in [6, 6.07) is 10.2. The first-order valence-electron chi connectivity index (χ1n) is 7.01. The van der Waals surface area contributed by atoms with E-state index >= 15 is 0 Å². The van der Waals surface area contributed by atoms with Crippen molar-refractivity contribution in [2.24, 2.45) is 0 Å². The Labute approximate surface area is 144 Å². The van der Waals surface area contributed by atoms with Crippen LogP contribution in [-0.4, -0.2) is 20.7 Å². The van der Waals surface area contributed by atoms with Crippen LogP contribution in [0.2, 0.25) is 0 Å². The van der Waals surface area contributed by atoms with Crippen LogP contribution in [0.25, 0.3) is 10.2 Å². The van der Waals surface area contributed by atoms with Gasteiger partial charge >= 0.3 is 0 Å². The number of aromatic nitrogens is 1. The van der Waals surface area contributed by atoms with Crippen LogP contribution in [-0.2, 0) is 11.2 Å². The average Bonchev–Trinajstić information content (AvgIpc) is 2.95. The van der Waals surface area contributed by atoms with Crippen molar-refractivity contribution in [1.29, 1.82) is 0 Å². The number of hydrogen-bond donors (Lipinski definition) is 1. The Morgan fingerprint density at radius 1 is 1.12 bits per heavy atom. The van der Waals surface area contributed by atoms with E-state index in [0.29, 0.717) is 15.8 Å². The van der Waals surface area contributed by atoms with Gasteiger partial charge in [0.1, 0.15) is 0 Å². The Morgan fingerprint density at radius 3 is 2.60 bits per heavy atom. The predicted molar refractivity (Wildman–Crippen MR) is 91.7 cm³/mol. The van der Waals surface area contributed by atoms with Crippen LogP contribution in [0.3, 0.4) is 0 Å². The molecule has 0 unspecified atom stereocenters. The Kier molecular flexibility index (Phi) is 4.35. The molecule has 3 aromatic rings. The van der Waals surface area contributed by atoms with Crippen LogP contribution < -0.4 is 5.32 Å². The number of non-ortho nitro benzene ring substituents is 1. The molecule has 10 heteroatoms. The number of thiazole rings is 1. The van der Waals surface area contributed by atoms with Gasteiger partial charge in [0.05, 0.1) is 26.5 Å². The van der Waals surface area contributed by atoms with E-state index in [0.717, 1.165) is 11.3 Å². The number of anilines is 1. The molecular weight excluding hydrogens is 348 g/mol. The minimum atomic E-state index is -0.542. The number of nitrogens with one attached hydrogen (secondary N) is 1. The number of nitrogens with zero attached hydrogens (tertiary/aromatic N) is 3.